The summed E-state index contributed by atoms with van der Waals surface area (Å²) >= 11 is 0. The van der Waals surface area contributed by atoms with E-state index in [1.54, 1.807) is 4.68 Å². The van der Waals surface area contributed by atoms with Gasteiger partial charge in [0, 0.05) is 6.54 Å². The van der Waals surface area contributed by atoms with E-state index in [0.717, 1.165) is 5.69 Å². The van der Waals surface area contributed by atoms with Gasteiger partial charge in [0.15, 0.2) is 5.79 Å². The van der Waals surface area contributed by atoms with E-state index in [0.29, 0.717) is 19.1 Å². The fourth-order valence-corrected chi connectivity index (χ4v) is 2.11. The van der Waals surface area contributed by atoms with E-state index in [1.165, 1.54) is 0 Å². The van der Waals surface area contributed by atoms with E-state index in [4.69, 9.17) is 9.47 Å². The van der Waals surface area contributed by atoms with Crippen molar-refractivity contribution in [2.24, 2.45) is 0 Å². The predicted molar refractivity (Wildman–Crippen MR) is 72.5 cm³/mol. The highest BCUT2D eigenvalue weighted by Gasteiger charge is 2.32. The summed E-state index contributed by atoms with van der Waals surface area (Å²) in [5, 5.41) is 14.9. The van der Waals surface area contributed by atoms with E-state index >= 15 is 0 Å². The molecule has 106 valence electrons. The van der Waals surface area contributed by atoms with Crippen LogP contribution in [0, 0.1) is 0 Å². The molecule has 1 saturated heterocycles. The zero-order valence-electron chi connectivity index (χ0n) is 11.5. The van der Waals surface area contributed by atoms with Crippen LogP contribution in [-0.2, 0) is 9.47 Å². The van der Waals surface area contributed by atoms with Crippen LogP contribution in [0.15, 0.2) is 30.3 Å². The lowest BCUT2D eigenvalue weighted by Gasteiger charge is -2.17. The van der Waals surface area contributed by atoms with Crippen molar-refractivity contribution in [3.05, 3.63) is 30.3 Å². The van der Waals surface area contributed by atoms with Gasteiger partial charge in [-0.3, -0.25) is 0 Å². The van der Waals surface area contributed by atoms with Crippen LogP contribution in [0.25, 0.3) is 5.69 Å². The first-order chi connectivity index (χ1) is 9.64. The van der Waals surface area contributed by atoms with Crippen LogP contribution in [0.1, 0.15) is 13.8 Å². The van der Waals surface area contributed by atoms with Crippen LogP contribution in [-0.4, -0.2) is 45.2 Å². The average Bonchev–Trinajstić information content (AvgIpc) is 3.03. The van der Waals surface area contributed by atoms with Gasteiger partial charge in [0.05, 0.1) is 12.3 Å². The summed E-state index contributed by atoms with van der Waals surface area (Å²) in [6.07, 6.45) is -0.00840. The molecule has 7 nitrogen and oxygen atoms in total. The van der Waals surface area contributed by atoms with Gasteiger partial charge in [-0.25, -0.2) is 0 Å². The number of para-hydroxylation sites is 1. The Kier molecular flexibility index (Phi) is 3.37. The minimum absolute atomic E-state index is 0.00840. The molecule has 1 aliphatic rings. The molecule has 1 aliphatic heterocycles. The Morgan fingerprint density at radius 3 is 2.85 bits per heavy atom. The molecule has 0 spiro atoms. The van der Waals surface area contributed by atoms with Crippen molar-refractivity contribution >= 4 is 5.95 Å². The summed E-state index contributed by atoms with van der Waals surface area (Å²) in [5.41, 5.74) is 0.906. The van der Waals surface area contributed by atoms with Crippen LogP contribution < -0.4 is 5.32 Å². The Labute approximate surface area is 116 Å². The van der Waals surface area contributed by atoms with Crippen molar-refractivity contribution in [1.82, 2.24) is 20.2 Å². The van der Waals surface area contributed by atoms with E-state index in [1.807, 2.05) is 44.2 Å². The molecule has 2 heterocycles. The van der Waals surface area contributed by atoms with E-state index in [9.17, 15) is 0 Å². The Morgan fingerprint density at radius 1 is 1.35 bits per heavy atom. The zero-order chi connectivity index (χ0) is 14.0. The van der Waals surface area contributed by atoms with Crippen molar-refractivity contribution in [3.63, 3.8) is 0 Å². The average molecular weight is 275 g/mol. The third kappa shape index (κ3) is 2.78. The summed E-state index contributed by atoms with van der Waals surface area (Å²) in [7, 11) is 0. The molecule has 2 aromatic rings. The molecular weight excluding hydrogens is 258 g/mol. The summed E-state index contributed by atoms with van der Waals surface area (Å²) in [4.78, 5) is 0. The number of hydrogen-bond acceptors (Lipinski definition) is 6. The summed E-state index contributed by atoms with van der Waals surface area (Å²) in [6.45, 7) is 4.96. The maximum absolute atomic E-state index is 5.73. The molecule has 0 saturated carbocycles. The number of rotatable bonds is 4. The van der Waals surface area contributed by atoms with Crippen molar-refractivity contribution in [3.8, 4) is 5.69 Å². The highest BCUT2D eigenvalue weighted by Crippen LogP contribution is 2.22. The molecule has 1 N–H and O–H groups in total. The smallest absolute Gasteiger partial charge is 0.247 e. The van der Waals surface area contributed by atoms with Crippen molar-refractivity contribution in [1.29, 1.82) is 0 Å². The molecule has 0 bridgehead atoms. The van der Waals surface area contributed by atoms with E-state index in [2.05, 4.69) is 20.8 Å². The number of nitrogens with one attached hydrogen (secondary N) is 1. The predicted octanol–water partition coefficient (Wildman–Crippen LogP) is 1.23. The first-order valence-corrected chi connectivity index (χ1v) is 6.53. The third-order valence-electron chi connectivity index (χ3n) is 3.03. The third-order valence-corrected chi connectivity index (χ3v) is 3.03. The standard InChI is InChI=1S/C13H17N5O2/c1-13(2)19-9-11(20-13)8-14-12-15-16-17-18(12)10-6-4-3-5-7-10/h3-7,11H,8-9H2,1-2H3,(H,14,15,17). The van der Waals surface area contributed by atoms with Crippen molar-refractivity contribution in [2.45, 2.75) is 25.7 Å². The molecule has 0 radical (unpaired) electrons. The Hall–Kier alpha value is -1.99. The SMILES string of the molecule is CC1(C)OCC(CNc2nnnn2-c2ccccc2)O1. The van der Waals surface area contributed by atoms with E-state index in [-0.39, 0.29) is 6.10 Å². The summed E-state index contributed by atoms with van der Waals surface area (Å²) < 4.78 is 12.9. The fraction of sp³-hybridized carbons (Fsp3) is 0.462. The van der Waals surface area contributed by atoms with E-state index < -0.39 is 5.79 Å². The summed E-state index contributed by atoms with van der Waals surface area (Å²) in [5.74, 6) is 0.0713. The quantitative estimate of drug-likeness (QED) is 0.904. The van der Waals surface area contributed by atoms with Gasteiger partial charge < -0.3 is 14.8 Å². The zero-order valence-corrected chi connectivity index (χ0v) is 11.5. The molecule has 1 aromatic carbocycles. The van der Waals surface area contributed by atoms with Crippen molar-refractivity contribution in [2.75, 3.05) is 18.5 Å². The lowest BCUT2D eigenvalue weighted by Crippen LogP contribution is -2.26. The number of hydrogen-bond donors (Lipinski definition) is 1. The molecule has 3 rings (SSSR count). The molecule has 1 unspecified atom stereocenters. The number of aromatic nitrogens is 4. The highest BCUT2D eigenvalue weighted by atomic mass is 16.7. The van der Waals surface area contributed by atoms with Gasteiger partial charge in [0.1, 0.15) is 6.10 Å². The molecule has 0 amide bonds. The van der Waals surface area contributed by atoms with Crippen LogP contribution in [0.2, 0.25) is 0 Å². The van der Waals surface area contributed by atoms with Crippen LogP contribution in [0.3, 0.4) is 0 Å². The molecule has 1 fully saturated rings. The number of tetrazole rings is 1. The van der Waals surface area contributed by atoms with Gasteiger partial charge >= 0.3 is 0 Å². The molecule has 20 heavy (non-hydrogen) atoms. The first-order valence-electron chi connectivity index (χ1n) is 6.53. The summed E-state index contributed by atoms with van der Waals surface area (Å²) in [6, 6.07) is 9.72. The number of ether oxygens (including phenoxy) is 2. The van der Waals surface area contributed by atoms with Crippen LogP contribution in [0.5, 0.6) is 0 Å². The van der Waals surface area contributed by atoms with Gasteiger partial charge in [-0.2, -0.15) is 4.68 Å². The molecule has 7 heteroatoms. The maximum Gasteiger partial charge on any atom is 0.247 e. The molecule has 0 aliphatic carbocycles. The Balaban J connectivity index is 1.66. The topological polar surface area (TPSA) is 74.1 Å². The normalized spacial score (nSPS) is 21.0. The minimum Gasteiger partial charge on any atom is -0.350 e. The fourth-order valence-electron chi connectivity index (χ4n) is 2.11. The van der Waals surface area contributed by atoms with Crippen LogP contribution >= 0.6 is 0 Å². The first kappa shape index (κ1) is 13.0. The minimum atomic E-state index is -0.516. The van der Waals surface area contributed by atoms with Gasteiger partial charge in [-0.15, -0.1) is 0 Å². The van der Waals surface area contributed by atoms with Gasteiger partial charge in [0.25, 0.3) is 0 Å². The maximum atomic E-state index is 5.73. The Morgan fingerprint density at radius 2 is 2.15 bits per heavy atom. The number of anilines is 1. The van der Waals surface area contributed by atoms with Gasteiger partial charge in [-0.1, -0.05) is 23.3 Å². The monoisotopic (exact) mass is 275 g/mol. The lowest BCUT2D eigenvalue weighted by atomic mass is 10.3. The molecular formula is C13H17N5O2. The van der Waals surface area contributed by atoms with Gasteiger partial charge in [-0.05, 0) is 36.4 Å². The number of benzene rings is 1. The lowest BCUT2D eigenvalue weighted by molar-refractivity contribution is -0.136. The van der Waals surface area contributed by atoms with Crippen molar-refractivity contribution < 1.29 is 9.47 Å². The Bertz CT molecular complexity index is 569. The second-order valence-electron chi connectivity index (χ2n) is 5.08. The van der Waals surface area contributed by atoms with Crippen LogP contribution in [0.4, 0.5) is 5.95 Å². The second-order valence-corrected chi connectivity index (χ2v) is 5.08. The van der Waals surface area contributed by atoms with Gasteiger partial charge in [0.2, 0.25) is 5.95 Å². The largest absolute Gasteiger partial charge is 0.350 e. The molecule has 1 atom stereocenters. The second kappa shape index (κ2) is 5.18. The number of nitrogens with zero attached hydrogens (tertiary/aromatic N) is 4. The molecule has 1 aromatic heterocycles. The highest BCUT2D eigenvalue weighted by molar-refractivity contribution is 5.38.